The van der Waals surface area contributed by atoms with Gasteiger partial charge in [-0.15, -0.1) is 0 Å². The number of hydrogen-bond acceptors (Lipinski definition) is 3. The molecule has 2 fully saturated rings. The summed E-state index contributed by atoms with van der Waals surface area (Å²) in [5.41, 5.74) is 1.41. The van der Waals surface area contributed by atoms with Crippen LogP contribution in [0.15, 0.2) is 6.20 Å². The van der Waals surface area contributed by atoms with Crippen molar-refractivity contribution >= 4 is 11.8 Å². The molecule has 3 rings (SSSR count). The number of rotatable bonds is 1. The summed E-state index contributed by atoms with van der Waals surface area (Å²) in [6.45, 7) is 2.00. The van der Waals surface area contributed by atoms with Crippen LogP contribution < -0.4 is 0 Å². The predicted octanol–water partition coefficient (Wildman–Crippen LogP) is 2.36. The van der Waals surface area contributed by atoms with E-state index in [0.717, 1.165) is 24.1 Å². The van der Waals surface area contributed by atoms with Crippen LogP contribution in [0.3, 0.4) is 0 Å². The average molecular weight is 252 g/mol. The number of aromatic nitrogens is 2. The van der Waals surface area contributed by atoms with Gasteiger partial charge < -0.3 is 5.11 Å². The molecule has 0 saturated carbocycles. The highest BCUT2D eigenvalue weighted by atomic mass is 32.2. The highest BCUT2D eigenvalue weighted by Crippen LogP contribution is 2.49. The molecule has 1 aromatic rings. The van der Waals surface area contributed by atoms with Crippen molar-refractivity contribution in [2.45, 2.75) is 55.1 Å². The zero-order chi connectivity index (χ0) is 12.0. The van der Waals surface area contributed by atoms with Gasteiger partial charge in [0.1, 0.15) is 0 Å². The molecule has 1 N–H and O–H groups in total. The smallest absolute Gasteiger partial charge is 0.0950 e. The Kier molecular flexibility index (Phi) is 2.75. The molecule has 4 heteroatoms. The maximum atomic E-state index is 11.0. The molecule has 0 aromatic carbocycles. The van der Waals surface area contributed by atoms with Crippen LogP contribution in [0.4, 0.5) is 0 Å². The van der Waals surface area contributed by atoms with E-state index in [-0.39, 0.29) is 0 Å². The van der Waals surface area contributed by atoms with Gasteiger partial charge in [-0.25, -0.2) is 0 Å². The molecule has 0 spiro atoms. The van der Waals surface area contributed by atoms with E-state index >= 15 is 0 Å². The summed E-state index contributed by atoms with van der Waals surface area (Å²) < 4.78 is 1.82. The van der Waals surface area contributed by atoms with Crippen molar-refractivity contribution in [1.82, 2.24) is 9.78 Å². The summed E-state index contributed by atoms with van der Waals surface area (Å²) in [6.07, 6.45) is 7.68. The van der Waals surface area contributed by atoms with Crippen molar-refractivity contribution < 1.29 is 5.11 Å². The normalized spacial score (nSPS) is 37.1. The van der Waals surface area contributed by atoms with Crippen molar-refractivity contribution in [2.24, 2.45) is 7.05 Å². The van der Waals surface area contributed by atoms with Gasteiger partial charge >= 0.3 is 0 Å². The Hall–Kier alpha value is -0.480. The summed E-state index contributed by atoms with van der Waals surface area (Å²) in [6, 6.07) is 0. The minimum Gasteiger partial charge on any atom is -0.385 e. The van der Waals surface area contributed by atoms with Gasteiger partial charge in [-0.2, -0.15) is 16.9 Å². The molecular weight excluding hydrogens is 232 g/mol. The molecule has 0 radical (unpaired) electrons. The SMILES string of the molecule is Cc1nn(C)cc1C1(O)CC2CCCC(C1)S2. The van der Waals surface area contributed by atoms with E-state index in [4.69, 9.17) is 0 Å². The van der Waals surface area contributed by atoms with Crippen LogP contribution in [-0.2, 0) is 12.6 Å². The van der Waals surface area contributed by atoms with Crippen LogP contribution in [0, 0.1) is 6.92 Å². The zero-order valence-corrected chi connectivity index (χ0v) is 11.3. The molecule has 94 valence electrons. The average Bonchev–Trinajstić information content (AvgIpc) is 2.57. The first-order valence-electron chi connectivity index (χ1n) is 6.45. The van der Waals surface area contributed by atoms with E-state index in [0.29, 0.717) is 10.5 Å². The molecule has 2 atom stereocenters. The van der Waals surface area contributed by atoms with Crippen LogP contribution in [0.5, 0.6) is 0 Å². The maximum Gasteiger partial charge on any atom is 0.0950 e. The van der Waals surface area contributed by atoms with Crippen LogP contribution in [0.2, 0.25) is 0 Å². The quantitative estimate of drug-likeness (QED) is 0.834. The Labute approximate surface area is 107 Å². The lowest BCUT2D eigenvalue weighted by atomic mass is 9.81. The molecule has 3 nitrogen and oxygen atoms in total. The summed E-state index contributed by atoms with van der Waals surface area (Å²) in [4.78, 5) is 0. The van der Waals surface area contributed by atoms with Gasteiger partial charge in [0, 0.05) is 29.3 Å². The van der Waals surface area contributed by atoms with Crippen LogP contribution in [-0.4, -0.2) is 25.4 Å². The minimum atomic E-state index is -0.626. The largest absolute Gasteiger partial charge is 0.385 e. The second kappa shape index (κ2) is 4.02. The molecule has 17 heavy (non-hydrogen) atoms. The third-order valence-electron chi connectivity index (χ3n) is 4.08. The fraction of sp³-hybridized carbons (Fsp3) is 0.769. The van der Waals surface area contributed by atoms with Crippen LogP contribution >= 0.6 is 11.8 Å². The lowest BCUT2D eigenvalue weighted by Gasteiger charge is -2.43. The van der Waals surface area contributed by atoms with Gasteiger partial charge in [-0.1, -0.05) is 6.42 Å². The number of aliphatic hydroxyl groups is 1. The molecule has 2 saturated heterocycles. The van der Waals surface area contributed by atoms with Crippen molar-refractivity contribution in [1.29, 1.82) is 0 Å². The first-order chi connectivity index (χ1) is 8.07. The molecule has 3 heterocycles. The van der Waals surface area contributed by atoms with Crippen molar-refractivity contribution in [3.8, 4) is 0 Å². The lowest BCUT2D eigenvalue weighted by molar-refractivity contribution is 0.00752. The highest BCUT2D eigenvalue weighted by Gasteiger charge is 2.43. The Balaban J connectivity index is 1.93. The van der Waals surface area contributed by atoms with Crippen molar-refractivity contribution in [3.63, 3.8) is 0 Å². The van der Waals surface area contributed by atoms with Gasteiger partial charge in [-0.3, -0.25) is 4.68 Å². The number of fused-ring (bicyclic) bond motifs is 2. The van der Waals surface area contributed by atoms with E-state index < -0.39 is 5.60 Å². The molecule has 2 aliphatic rings. The molecular formula is C13H20N2OS. The van der Waals surface area contributed by atoms with Gasteiger partial charge in [-0.05, 0) is 32.6 Å². The molecule has 2 unspecified atom stereocenters. The number of thioether (sulfide) groups is 1. The molecule has 0 amide bonds. The highest BCUT2D eigenvalue weighted by molar-refractivity contribution is 8.00. The minimum absolute atomic E-state index is 0.626. The van der Waals surface area contributed by atoms with E-state index in [1.807, 2.05) is 24.9 Å². The second-order valence-corrected chi connectivity index (χ2v) is 7.16. The number of aryl methyl sites for hydroxylation is 2. The number of nitrogens with zero attached hydrogens (tertiary/aromatic N) is 2. The molecule has 2 bridgehead atoms. The van der Waals surface area contributed by atoms with E-state index in [1.165, 1.54) is 19.3 Å². The maximum absolute atomic E-state index is 11.0. The summed E-state index contributed by atoms with van der Waals surface area (Å²) >= 11 is 2.10. The van der Waals surface area contributed by atoms with E-state index in [2.05, 4.69) is 16.9 Å². The lowest BCUT2D eigenvalue weighted by Crippen LogP contribution is -2.40. The second-order valence-electron chi connectivity index (χ2n) is 5.55. The Morgan fingerprint density at radius 1 is 1.41 bits per heavy atom. The summed E-state index contributed by atoms with van der Waals surface area (Å²) in [7, 11) is 1.93. The topological polar surface area (TPSA) is 38.0 Å². The predicted molar refractivity (Wildman–Crippen MR) is 70.1 cm³/mol. The number of hydrogen-bond donors (Lipinski definition) is 1. The Morgan fingerprint density at radius 2 is 2.06 bits per heavy atom. The zero-order valence-electron chi connectivity index (χ0n) is 10.5. The van der Waals surface area contributed by atoms with Gasteiger partial charge in [0.15, 0.2) is 0 Å². The molecule has 2 aliphatic heterocycles. The monoisotopic (exact) mass is 252 g/mol. The summed E-state index contributed by atoms with van der Waals surface area (Å²) in [5.74, 6) is 0. The first kappa shape index (κ1) is 11.6. The fourth-order valence-electron chi connectivity index (χ4n) is 3.39. The van der Waals surface area contributed by atoms with Crippen molar-refractivity contribution in [3.05, 3.63) is 17.5 Å². The Morgan fingerprint density at radius 3 is 2.59 bits per heavy atom. The molecule has 1 aromatic heterocycles. The van der Waals surface area contributed by atoms with E-state index in [9.17, 15) is 5.11 Å². The van der Waals surface area contributed by atoms with E-state index in [1.54, 1.807) is 0 Å². The van der Waals surface area contributed by atoms with Crippen molar-refractivity contribution in [2.75, 3.05) is 0 Å². The molecule has 0 aliphatic carbocycles. The van der Waals surface area contributed by atoms with Gasteiger partial charge in [0.25, 0.3) is 0 Å². The third kappa shape index (κ3) is 2.02. The van der Waals surface area contributed by atoms with Crippen LogP contribution in [0.1, 0.15) is 43.4 Å². The Bertz CT molecular complexity index is 417. The van der Waals surface area contributed by atoms with Gasteiger partial charge in [0.05, 0.1) is 11.3 Å². The fourth-order valence-corrected chi connectivity index (χ4v) is 5.29. The standard InChI is InChI=1S/C13H20N2OS/c1-9-12(8-15(2)14-9)13(16)6-10-4-3-5-11(7-13)17-10/h8,10-11,16H,3-7H2,1-2H3. The first-order valence-corrected chi connectivity index (χ1v) is 7.40. The summed E-state index contributed by atoms with van der Waals surface area (Å²) in [5, 5.41) is 16.6. The van der Waals surface area contributed by atoms with Crippen LogP contribution in [0.25, 0.3) is 0 Å². The third-order valence-corrected chi connectivity index (χ3v) is 5.66. The van der Waals surface area contributed by atoms with Gasteiger partial charge in [0.2, 0.25) is 0 Å².